The lowest BCUT2D eigenvalue weighted by atomic mass is 9.96. The van der Waals surface area contributed by atoms with Crippen LogP contribution >= 0.6 is 0 Å². The minimum absolute atomic E-state index is 0.0236. The molecule has 1 saturated heterocycles. The first-order valence-electron chi connectivity index (χ1n) is 13.3. The summed E-state index contributed by atoms with van der Waals surface area (Å²) >= 11 is 0. The molecule has 0 bridgehead atoms. The number of likely N-dealkylation sites (N-methyl/N-ethyl adjacent to an activating group) is 1. The van der Waals surface area contributed by atoms with Gasteiger partial charge in [-0.2, -0.15) is 0 Å². The maximum Gasteiger partial charge on any atom is 0.295 e. The summed E-state index contributed by atoms with van der Waals surface area (Å²) in [7, 11) is 0. The number of hydrogen-bond donors (Lipinski definition) is 1. The summed E-state index contributed by atoms with van der Waals surface area (Å²) < 4.78 is 13.3. The fourth-order valence-corrected chi connectivity index (χ4v) is 5.00. The van der Waals surface area contributed by atoms with E-state index in [4.69, 9.17) is 9.47 Å². The molecule has 0 saturated carbocycles. The third kappa shape index (κ3) is 5.40. The van der Waals surface area contributed by atoms with Gasteiger partial charge < -0.3 is 24.4 Å². The summed E-state index contributed by atoms with van der Waals surface area (Å²) in [5.74, 6) is -0.627. The molecule has 1 aliphatic rings. The minimum atomic E-state index is -0.818. The van der Waals surface area contributed by atoms with Crippen LogP contribution in [-0.4, -0.2) is 75.4 Å². The van der Waals surface area contributed by atoms with E-state index in [1.165, 1.54) is 0 Å². The summed E-state index contributed by atoms with van der Waals surface area (Å²) in [6, 6.07) is 10.0. The Morgan fingerprint density at radius 1 is 1.13 bits per heavy atom. The molecule has 3 aromatic rings. The van der Waals surface area contributed by atoms with Gasteiger partial charge in [0.05, 0.1) is 23.9 Å². The van der Waals surface area contributed by atoms with Gasteiger partial charge in [0.2, 0.25) is 0 Å². The molecule has 1 atom stereocenters. The molecule has 9 nitrogen and oxygen atoms in total. The average Bonchev–Trinajstić information content (AvgIpc) is 3.41. The van der Waals surface area contributed by atoms with E-state index in [1.807, 2.05) is 25.1 Å². The Labute approximate surface area is 229 Å². The number of aromatic nitrogens is 2. The largest absolute Gasteiger partial charge is 0.505 e. The van der Waals surface area contributed by atoms with Crippen molar-refractivity contribution in [1.29, 1.82) is 0 Å². The number of ether oxygens (including phenoxy) is 2. The molecule has 3 heterocycles. The summed E-state index contributed by atoms with van der Waals surface area (Å²) in [6.45, 7) is 14.7. The molecule has 1 N–H and O–H groups in total. The zero-order valence-corrected chi connectivity index (χ0v) is 23.0. The van der Waals surface area contributed by atoms with Gasteiger partial charge in [-0.3, -0.25) is 14.0 Å². The number of aryl methyl sites for hydroxylation is 1. The van der Waals surface area contributed by atoms with Crippen molar-refractivity contribution in [3.8, 4) is 11.5 Å². The number of Topliss-reactive ketones (excluding diaryl/α,β-unsaturated/α-hetero) is 1. The Hall–Kier alpha value is -4.11. The second kappa shape index (κ2) is 12.2. The Kier molecular flexibility index (Phi) is 8.71. The SMILES string of the molecule is C=CCOc1ccc(C2/C(=C(\O)c3c(C)nc4ccccn34)C(=O)C(=O)N2CCN(CC)CC)cc1OCC. The lowest BCUT2D eigenvalue weighted by molar-refractivity contribution is -0.140. The van der Waals surface area contributed by atoms with Gasteiger partial charge in [0.1, 0.15) is 17.9 Å². The highest BCUT2D eigenvalue weighted by atomic mass is 16.5. The highest BCUT2D eigenvalue weighted by Crippen LogP contribution is 2.42. The van der Waals surface area contributed by atoms with E-state index in [9.17, 15) is 14.7 Å². The zero-order chi connectivity index (χ0) is 28.1. The van der Waals surface area contributed by atoms with E-state index in [1.54, 1.807) is 46.7 Å². The molecule has 1 amide bonds. The van der Waals surface area contributed by atoms with Crippen molar-refractivity contribution in [3.63, 3.8) is 0 Å². The predicted molar refractivity (Wildman–Crippen MR) is 150 cm³/mol. The van der Waals surface area contributed by atoms with E-state index in [0.717, 1.165) is 13.1 Å². The molecule has 0 radical (unpaired) electrons. The first-order valence-corrected chi connectivity index (χ1v) is 13.3. The maximum atomic E-state index is 13.6. The molecule has 0 aliphatic carbocycles. The summed E-state index contributed by atoms with van der Waals surface area (Å²) in [6.07, 6.45) is 3.42. The van der Waals surface area contributed by atoms with Gasteiger partial charge in [0, 0.05) is 19.3 Å². The second-order valence-corrected chi connectivity index (χ2v) is 9.23. The number of aliphatic hydroxyl groups is 1. The Bertz CT molecular complexity index is 1410. The van der Waals surface area contributed by atoms with Crippen LogP contribution in [0.15, 0.2) is 60.8 Å². The second-order valence-electron chi connectivity index (χ2n) is 9.23. The van der Waals surface area contributed by atoms with Crippen LogP contribution in [0, 0.1) is 6.92 Å². The van der Waals surface area contributed by atoms with Crippen molar-refractivity contribution in [3.05, 3.63) is 77.8 Å². The Morgan fingerprint density at radius 3 is 2.59 bits per heavy atom. The molecule has 1 fully saturated rings. The predicted octanol–water partition coefficient (Wildman–Crippen LogP) is 4.37. The third-order valence-corrected chi connectivity index (χ3v) is 6.96. The van der Waals surface area contributed by atoms with Crippen molar-refractivity contribution in [2.75, 3.05) is 39.4 Å². The lowest BCUT2D eigenvalue weighted by Gasteiger charge is -2.28. The van der Waals surface area contributed by atoms with Gasteiger partial charge in [0.15, 0.2) is 17.3 Å². The van der Waals surface area contributed by atoms with Crippen molar-refractivity contribution in [1.82, 2.24) is 19.2 Å². The number of amides is 1. The molecular formula is C30H36N4O5. The molecule has 2 aromatic heterocycles. The van der Waals surface area contributed by atoms with E-state index in [2.05, 4.69) is 30.3 Å². The van der Waals surface area contributed by atoms with Gasteiger partial charge in [0.25, 0.3) is 11.7 Å². The molecule has 1 aromatic carbocycles. The Balaban J connectivity index is 1.89. The monoisotopic (exact) mass is 532 g/mol. The highest BCUT2D eigenvalue weighted by Gasteiger charge is 2.46. The fourth-order valence-electron chi connectivity index (χ4n) is 5.00. The number of likely N-dealkylation sites (tertiary alicyclic amines) is 1. The zero-order valence-electron chi connectivity index (χ0n) is 23.0. The van der Waals surface area contributed by atoms with Crippen molar-refractivity contribution in [2.45, 2.75) is 33.7 Å². The molecule has 39 heavy (non-hydrogen) atoms. The smallest absolute Gasteiger partial charge is 0.295 e. The standard InChI is InChI=1S/C30H36N4O5/c1-6-18-39-22-14-13-21(19-23(22)38-9-4)27-25(29(36)30(37)34(27)17-16-32(7-2)8-3)28(35)26-20(5)31-24-12-10-11-15-33(24)26/h6,10-15,19,27,35H,1,7-9,16-18H2,2-5H3/b28-25+. The first-order chi connectivity index (χ1) is 18.9. The number of fused-ring (bicyclic) bond motifs is 1. The molecule has 9 heteroatoms. The Morgan fingerprint density at radius 2 is 1.90 bits per heavy atom. The van der Waals surface area contributed by atoms with E-state index in [-0.39, 0.29) is 11.3 Å². The number of nitrogens with zero attached hydrogens (tertiary/aromatic N) is 4. The summed E-state index contributed by atoms with van der Waals surface area (Å²) in [5, 5.41) is 11.7. The molecule has 1 aliphatic heterocycles. The first kappa shape index (κ1) is 27.9. The summed E-state index contributed by atoms with van der Waals surface area (Å²) in [5.41, 5.74) is 2.22. The number of imidazole rings is 1. The molecular weight excluding hydrogens is 496 g/mol. The van der Waals surface area contributed by atoms with Crippen LogP contribution in [0.25, 0.3) is 11.4 Å². The number of carbonyl (C=O) groups is 2. The van der Waals surface area contributed by atoms with Crippen LogP contribution < -0.4 is 9.47 Å². The molecule has 1 unspecified atom stereocenters. The third-order valence-electron chi connectivity index (χ3n) is 6.96. The lowest BCUT2D eigenvalue weighted by Crippen LogP contribution is -2.38. The van der Waals surface area contributed by atoms with Crippen molar-refractivity contribution < 1.29 is 24.2 Å². The quantitative estimate of drug-likeness (QED) is 0.160. The fraction of sp³-hybridized carbons (Fsp3) is 0.367. The van der Waals surface area contributed by atoms with Crippen LogP contribution in [0.5, 0.6) is 11.5 Å². The van der Waals surface area contributed by atoms with Gasteiger partial charge >= 0.3 is 0 Å². The van der Waals surface area contributed by atoms with Gasteiger partial charge in [-0.25, -0.2) is 4.98 Å². The summed E-state index contributed by atoms with van der Waals surface area (Å²) in [4.78, 5) is 35.3. The van der Waals surface area contributed by atoms with Crippen LogP contribution in [0.1, 0.15) is 43.8 Å². The van der Waals surface area contributed by atoms with Gasteiger partial charge in [-0.05, 0) is 56.8 Å². The minimum Gasteiger partial charge on any atom is -0.505 e. The van der Waals surface area contributed by atoms with E-state index >= 15 is 0 Å². The number of ketones is 1. The maximum absolute atomic E-state index is 13.6. The van der Waals surface area contributed by atoms with Crippen LogP contribution in [0.2, 0.25) is 0 Å². The van der Waals surface area contributed by atoms with Crippen LogP contribution in [-0.2, 0) is 9.59 Å². The van der Waals surface area contributed by atoms with Crippen molar-refractivity contribution in [2.24, 2.45) is 0 Å². The molecule has 206 valence electrons. The van der Waals surface area contributed by atoms with Gasteiger partial charge in [-0.15, -0.1) is 0 Å². The number of hydrogen-bond acceptors (Lipinski definition) is 7. The van der Waals surface area contributed by atoms with Gasteiger partial charge in [-0.1, -0.05) is 38.6 Å². The number of pyridine rings is 1. The average molecular weight is 533 g/mol. The number of benzene rings is 1. The number of rotatable bonds is 12. The highest BCUT2D eigenvalue weighted by molar-refractivity contribution is 6.46. The normalized spacial score (nSPS) is 16.8. The van der Waals surface area contributed by atoms with E-state index < -0.39 is 17.7 Å². The van der Waals surface area contributed by atoms with Crippen molar-refractivity contribution >= 4 is 23.1 Å². The van der Waals surface area contributed by atoms with Crippen LogP contribution in [0.4, 0.5) is 0 Å². The topological polar surface area (TPSA) is 96.6 Å². The number of carbonyl (C=O) groups excluding carboxylic acids is 2. The van der Waals surface area contributed by atoms with E-state index in [0.29, 0.717) is 60.4 Å². The molecule has 4 rings (SSSR count). The van der Waals surface area contributed by atoms with Crippen LogP contribution in [0.3, 0.4) is 0 Å². The molecule has 0 spiro atoms. The number of aliphatic hydroxyl groups excluding tert-OH is 1.